The van der Waals surface area contributed by atoms with Gasteiger partial charge in [0.1, 0.15) is 0 Å². The molecule has 2 heteroatoms. The molecule has 0 fully saturated rings. The molecule has 0 saturated carbocycles. The number of benzene rings is 2. The van der Waals surface area contributed by atoms with Crippen LogP contribution in [0.4, 0.5) is 0 Å². The minimum absolute atomic E-state index is 0.588. The van der Waals surface area contributed by atoms with Crippen LogP contribution < -0.4 is 5.73 Å². The van der Waals surface area contributed by atoms with Crippen molar-refractivity contribution in [2.45, 2.75) is 32.1 Å². The van der Waals surface area contributed by atoms with Crippen molar-refractivity contribution in [3.8, 4) is 11.1 Å². The molecular formula is C18H23NS. The van der Waals surface area contributed by atoms with E-state index in [1.54, 1.807) is 0 Å². The average Bonchev–Trinajstić information content (AvgIpc) is 2.52. The molecule has 0 aliphatic carbocycles. The lowest BCUT2D eigenvalue weighted by atomic mass is 9.99. The van der Waals surface area contributed by atoms with Crippen LogP contribution in [0.2, 0.25) is 0 Å². The summed E-state index contributed by atoms with van der Waals surface area (Å²) in [6.07, 6.45) is 2.59. The highest BCUT2D eigenvalue weighted by Crippen LogP contribution is 2.24. The normalized spacial score (nSPS) is 10.7. The molecule has 20 heavy (non-hydrogen) atoms. The lowest BCUT2D eigenvalue weighted by Crippen LogP contribution is -1.98. The number of nitrogens with two attached hydrogens (primary N) is 1. The number of rotatable bonds is 7. The molecule has 0 radical (unpaired) electrons. The minimum atomic E-state index is 0.588. The second-order valence-corrected chi connectivity index (χ2v) is 6.07. The van der Waals surface area contributed by atoms with Crippen LogP contribution in [0.5, 0.6) is 0 Å². The van der Waals surface area contributed by atoms with Crippen molar-refractivity contribution in [2.24, 2.45) is 5.73 Å². The molecule has 0 aromatic heterocycles. The lowest BCUT2D eigenvalue weighted by Gasteiger charge is -2.09. The summed E-state index contributed by atoms with van der Waals surface area (Å²) in [6.45, 7) is 2.83. The Kier molecular flexibility index (Phi) is 6.16. The third kappa shape index (κ3) is 4.12. The summed E-state index contributed by atoms with van der Waals surface area (Å²) in [5.74, 6) is 2.37. The van der Waals surface area contributed by atoms with Crippen LogP contribution in [-0.2, 0) is 12.3 Å². The molecule has 2 aromatic rings. The Morgan fingerprint density at radius 3 is 2.45 bits per heavy atom. The molecule has 0 aliphatic heterocycles. The molecule has 0 saturated heterocycles. The van der Waals surface area contributed by atoms with Gasteiger partial charge in [-0.3, -0.25) is 0 Å². The highest BCUT2D eigenvalue weighted by atomic mass is 32.2. The maximum Gasteiger partial charge on any atom is 0.0184 e. The van der Waals surface area contributed by atoms with Crippen LogP contribution in [0.15, 0.2) is 48.5 Å². The summed E-state index contributed by atoms with van der Waals surface area (Å²) in [7, 11) is 0. The van der Waals surface area contributed by atoms with Crippen LogP contribution in [0.3, 0.4) is 0 Å². The zero-order valence-corrected chi connectivity index (χ0v) is 13.0. The van der Waals surface area contributed by atoms with Crippen LogP contribution in [0.25, 0.3) is 11.1 Å². The molecule has 0 heterocycles. The van der Waals surface area contributed by atoms with Crippen molar-refractivity contribution in [3.05, 3.63) is 59.7 Å². The van der Waals surface area contributed by atoms with Crippen molar-refractivity contribution in [1.29, 1.82) is 0 Å². The first-order valence-electron chi connectivity index (χ1n) is 7.30. The van der Waals surface area contributed by atoms with E-state index in [-0.39, 0.29) is 0 Å². The van der Waals surface area contributed by atoms with Gasteiger partial charge in [0.15, 0.2) is 0 Å². The van der Waals surface area contributed by atoms with Gasteiger partial charge < -0.3 is 5.73 Å². The first kappa shape index (κ1) is 15.1. The fourth-order valence-electron chi connectivity index (χ4n) is 2.20. The van der Waals surface area contributed by atoms with Gasteiger partial charge >= 0.3 is 0 Å². The largest absolute Gasteiger partial charge is 0.326 e. The van der Waals surface area contributed by atoms with Crippen LogP contribution in [0, 0.1) is 0 Å². The zero-order valence-electron chi connectivity index (χ0n) is 12.1. The Bertz CT molecular complexity index is 519. The van der Waals surface area contributed by atoms with Gasteiger partial charge in [-0.1, -0.05) is 61.9 Å². The second-order valence-electron chi connectivity index (χ2n) is 4.96. The van der Waals surface area contributed by atoms with Crippen molar-refractivity contribution < 1.29 is 0 Å². The van der Waals surface area contributed by atoms with Gasteiger partial charge in [0.05, 0.1) is 0 Å². The molecular weight excluding hydrogens is 262 g/mol. The van der Waals surface area contributed by atoms with Gasteiger partial charge in [0, 0.05) is 12.3 Å². The molecule has 2 rings (SSSR count). The molecule has 106 valence electrons. The molecule has 0 atom stereocenters. The first-order chi connectivity index (χ1) is 9.85. The summed E-state index contributed by atoms with van der Waals surface area (Å²) < 4.78 is 0. The van der Waals surface area contributed by atoms with Crippen LogP contribution in [0.1, 0.15) is 30.9 Å². The fourth-order valence-corrected chi connectivity index (χ4v) is 3.26. The molecule has 0 bridgehead atoms. The van der Waals surface area contributed by atoms with Gasteiger partial charge in [0.2, 0.25) is 0 Å². The molecule has 1 nitrogen and oxygen atoms in total. The predicted molar refractivity (Wildman–Crippen MR) is 90.8 cm³/mol. The Morgan fingerprint density at radius 2 is 1.75 bits per heavy atom. The first-order valence-corrected chi connectivity index (χ1v) is 8.45. The quantitative estimate of drug-likeness (QED) is 0.736. The van der Waals surface area contributed by atoms with E-state index in [1.165, 1.54) is 40.8 Å². The van der Waals surface area contributed by atoms with Gasteiger partial charge in [0.25, 0.3) is 0 Å². The van der Waals surface area contributed by atoms with E-state index >= 15 is 0 Å². The van der Waals surface area contributed by atoms with Gasteiger partial charge in [-0.15, -0.1) is 0 Å². The van der Waals surface area contributed by atoms with Crippen LogP contribution in [-0.4, -0.2) is 5.75 Å². The molecule has 0 amide bonds. The van der Waals surface area contributed by atoms with Crippen molar-refractivity contribution >= 4 is 11.8 Å². The van der Waals surface area contributed by atoms with Crippen molar-refractivity contribution in [1.82, 2.24) is 0 Å². The van der Waals surface area contributed by atoms with Crippen molar-refractivity contribution in [2.75, 3.05) is 5.75 Å². The van der Waals surface area contributed by atoms with Crippen molar-refractivity contribution in [3.63, 3.8) is 0 Å². The summed E-state index contributed by atoms with van der Waals surface area (Å²) in [6, 6.07) is 17.3. The number of unbranched alkanes of at least 4 members (excludes halogenated alkanes) is 1. The summed E-state index contributed by atoms with van der Waals surface area (Å²) in [5.41, 5.74) is 10.9. The van der Waals surface area contributed by atoms with Gasteiger partial charge in [-0.25, -0.2) is 0 Å². The minimum Gasteiger partial charge on any atom is -0.326 e. The van der Waals surface area contributed by atoms with E-state index in [1.807, 2.05) is 17.8 Å². The predicted octanol–water partition coefficient (Wildman–Crippen LogP) is 4.85. The highest BCUT2D eigenvalue weighted by Gasteiger charge is 2.03. The summed E-state index contributed by atoms with van der Waals surface area (Å²) >= 11 is 2.02. The molecule has 2 aromatic carbocycles. The Labute approximate surface area is 126 Å². The number of thioether (sulfide) groups is 1. The number of hydrogen-bond donors (Lipinski definition) is 1. The SMILES string of the molecule is CCCCSCc1ccc(-c2ccccc2CN)cc1. The molecule has 0 spiro atoms. The number of hydrogen-bond acceptors (Lipinski definition) is 2. The van der Waals surface area contributed by atoms with E-state index in [2.05, 4.69) is 49.4 Å². The Balaban J connectivity index is 2.04. The summed E-state index contributed by atoms with van der Waals surface area (Å²) in [5, 5.41) is 0. The van der Waals surface area contributed by atoms with Gasteiger partial charge in [-0.2, -0.15) is 11.8 Å². The van der Waals surface area contributed by atoms with Crippen LogP contribution >= 0.6 is 11.8 Å². The fraction of sp³-hybridized carbons (Fsp3) is 0.333. The van der Waals surface area contributed by atoms with E-state index in [9.17, 15) is 0 Å². The van der Waals surface area contributed by atoms with Gasteiger partial charge in [-0.05, 0) is 34.4 Å². The second kappa shape index (κ2) is 8.13. The third-order valence-corrected chi connectivity index (χ3v) is 4.53. The Hall–Kier alpha value is -1.25. The standard InChI is InChI=1S/C18H23NS/c1-2-3-12-20-14-15-8-10-16(11-9-15)18-7-5-4-6-17(18)13-19/h4-11H,2-3,12-14,19H2,1H3. The van der Waals surface area contributed by atoms with E-state index in [0.717, 1.165) is 5.75 Å². The maximum absolute atomic E-state index is 5.81. The third-order valence-electron chi connectivity index (χ3n) is 3.41. The van der Waals surface area contributed by atoms with E-state index < -0.39 is 0 Å². The maximum atomic E-state index is 5.81. The van der Waals surface area contributed by atoms with E-state index in [4.69, 9.17) is 5.73 Å². The summed E-state index contributed by atoms with van der Waals surface area (Å²) in [4.78, 5) is 0. The highest BCUT2D eigenvalue weighted by molar-refractivity contribution is 7.98. The smallest absolute Gasteiger partial charge is 0.0184 e. The topological polar surface area (TPSA) is 26.0 Å². The average molecular weight is 285 g/mol. The molecule has 2 N–H and O–H groups in total. The zero-order chi connectivity index (χ0) is 14.2. The monoisotopic (exact) mass is 285 g/mol. The molecule has 0 aliphatic rings. The van der Waals surface area contributed by atoms with E-state index in [0.29, 0.717) is 6.54 Å². The lowest BCUT2D eigenvalue weighted by molar-refractivity contribution is 0.896. The Morgan fingerprint density at radius 1 is 1.00 bits per heavy atom. The molecule has 0 unspecified atom stereocenters.